The molecule has 0 spiro atoms. The fourth-order valence-corrected chi connectivity index (χ4v) is 0.715. The van der Waals surface area contributed by atoms with Crippen LogP contribution in [-0.4, -0.2) is 6.04 Å². The molecular formula is C9H13N3. The molecule has 0 bridgehead atoms. The van der Waals surface area contributed by atoms with Crippen molar-refractivity contribution in [2.75, 3.05) is 5.43 Å². The van der Waals surface area contributed by atoms with E-state index >= 15 is 0 Å². The Morgan fingerprint density at radius 3 is 2.42 bits per heavy atom. The van der Waals surface area contributed by atoms with Crippen LogP contribution in [0.1, 0.15) is 13.8 Å². The van der Waals surface area contributed by atoms with Gasteiger partial charge in [-0.05, 0) is 26.0 Å². The van der Waals surface area contributed by atoms with Gasteiger partial charge in [0.1, 0.15) is 0 Å². The molecule has 3 heteroatoms. The molecule has 1 N–H and O–H groups in total. The van der Waals surface area contributed by atoms with Crippen molar-refractivity contribution < 1.29 is 0 Å². The van der Waals surface area contributed by atoms with Crippen LogP contribution in [0.2, 0.25) is 0 Å². The first-order valence-electron chi connectivity index (χ1n) is 4.00. The van der Waals surface area contributed by atoms with Crippen LogP contribution in [0.25, 0.3) is 0 Å². The zero-order valence-corrected chi connectivity index (χ0v) is 7.36. The minimum atomic E-state index is 0.237. The molecule has 0 fully saturated rings. The summed E-state index contributed by atoms with van der Waals surface area (Å²) in [7, 11) is 0. The molecule has 64 valence electrons. The third kappa shape index (κ3) is 3.14. The summed E-state index contributed by atoms with van der Waals surface area (Å²) in [5, 5.41) is 7.75. The number of nitrogens with one attached hydrogen (secondary N) is 1. The van der Waals surface area contributed by atoms with Crippen molar-refractivity contribution >= 4 is 5.69 Å². The number of para-hydroxylation sites is 1. The van der Waals surface area contributed by atoms with Crippen LogP contribution in [0.15, 0.2) is 40.7 Å². The number of rotatable bonds is 3. The van der Waals surface area contributed by atoms with Gasteiger partial charge in [-0.25, -0.2) is 0 Å². The maximum absolute atomic E-state index is 3.93. The van der Waals surface area contributed by atoms with Crippen LogP contribution < -0.4 is 5.43 Å². The van der Waals surface area contributed by atoms with Crippen molar-refractivity contribution in [3.63, 3.8) is 0 Å². The van der Waals surface area contributed by atoms with Gasteiger partial charge in [0.2, 0.25) is 0 Å². The lowest BCUT2D eigenvalue weighted by Gasteiger charge is -1.97. The Hall–Kier alpha value is -1.38. The average Bonchev–Trinajstić information content (AvgIpc) is 2.05. The fraction of sp³-hybridized carbons (Fsp3) is 0.333. The molecule has 0 aliphatic carbocycles. The van der Waals surface area contributed by atoms with E-state index in [9.17, 15) is 0 Å². The van der Waals surface area contributed by atoms with Crippen LogP contribution in [0.5, 0.6) is 0 Å². The lowest BCUT2D eigenvalue weighted by molar-refractivity contribution is 0.764. The quantitative estimate of drug-likeness (QED) is 0.540. The highest BCUT2D eigenvalue weighted by Gasteiger charge is 1.86. The van der Waals surface area contributed by atoms with Gasteiger partial charge < -0.3 is 0 Å². The van der Waals surface area contributed by atoms with Gasteiger partial charge in [0.15, 0.2) is 0 Å². The summed E-state index contributed by atoms with van der Waals surface area (Å²) in [4.78, 5) is 0. The van der Waals surface area contributed by atoms with Gasteiger partial charge in [0, 0.05) is 0 Å². The second-order valence-electron chi connectivity index (χ2n) is 2.79. The Kier molecular flexibility index (Phi) is 3.26. The highest BCUT2D eigenvalue weighted by Crippen LogP contribution is 2.04. The molecule has 0 heterocycles. The Balaban J connectivity index is 2.43. The van der Waals surface area contributed by atoms with E-state index in [0.717, 1.165) is 5.69 Å². The molecule has 0 aliphatic rings. The summed E-state index contributed by atoms with van der Waals surface area (Å²) in [6, 6.07) is 9.99. The number of benzene rings is 1. The Morgan fingerprint density at radius 1 is 1.17 bits per heavy atom. The van der Waals surface area contributed by atoms with Gasteiger partial charge in [-0.1, -0.05) is 23.4 Å². The first kappa shape index (κ1) is 8.71. The van der Waals surface area contributed by atoms with Crippen molar-refractivity contribution in [2.24, 2.45) is 10.3 Å². The van der Waals surface area contributed by atoms with Crippen molar-refractivity contribution in [1.82, 2.24) is 0 Å². The van der Waals surface area contributed by atoms with Crippen molar-refractivity contribution in [3.8, 4) is 0 Å². The molecule has 0 amide bonds. The largest absolute Gasteiger partial charge is 0.260 e. The number of hydrogen-bond donors (Lipinski definition) is 1. The summed E-state index contributed by atoms with van der Waals surface area (Å²) in [6.07, 6.45) is 0. The molecule has 1 aromatic rings. The summed E-state index contributed by atoms with van der Waals surface area (Å²) < 4.78 is 0. The molecule has 0 atom stereocenters. The van der Waals surface area contributed by atoms with Crippen LogP contribution in [-0.2, 0) is 0 Å². The lowest BCUT2D eigenvalue weighted by atomic mass is 10.3. The maximum atomic E-state index is 3.93. The fourth-order valence-electron chi connectivity index (χ4n) is 0.715. The molecule has 0 saturated heterocycles. The second kappa shape index (κ2) is 4.49. The lowest BCUT2D eigenvalue weighted by Crippen LogP contribution is -1.90. The molecular weight excluding hydrogens is 150 g/mol. The van der Waals surface area contributed by atoms with E-state index in [0.29, 0.717) is 0 Å². The van der Waals surface area contributed by atoms with Gasteiger partial charge in [0.25, 0.3) is 0 Å². The summed E-state index contributed by atoms with van der Waals surface area (Å²) in [5.41, 5.74) is 3.79. The van der Waals surface area contributed by atoms with Gasteiger partial charge in [-0.15, -0.1) is 0 Å². The van der Waals surface area contributed by atoms with Crippen molar-refractivity contribution in [3.05, 3.63) is 30.3 Å². The van der Waals surface area contributed by atoms with E-state index in [2.05, 4.69) is 15.8 Å². The average molecular weight is 163 g/mol. The number of anilines is 1. The number of hydrogen-bond acceptors (Lipinski definition) is 2. The van der Waals surface area contributed by atoms with Crippen molar-refractivity contribution in [2.45, 2.75) is 19.9 Å². The van der Waals surface area contributed by atoms with Gasteiger partial charge in [0.05, 0.1) is 11.7 Å². The molecule has 0 radical (unpaired) electrons. The highest BCUT2D eigenvalue weighted by atomic mass is 15.4. The van der Waals surface area contributed by atoms with E-state index in [1.807, 2.05) is 44.2 Å². The predicted octanol–water partition coefficient (Wildman–Crippen LogP) is 2.87. The summed E-state index contributed by atoms with van der Waals surface area (Å²) >= 11 is 0. The van der Waals surface area contributed by atoms with E-state index in [4.69, 9.17) is 0 Å². The topological polar surface area (TPSA) is 36.8 Å². The van der Waals surface area contributed by atoms with E-state index in [1.54, 1.807) is 0 Å². The van der Waals surface area contributed by atoms with Crippen LogP contribution in [0.3, 0.4) is 0 Å². The molecule has 0 aliphatic heterocycles. The SMILES string of the molecule is CC(C)N=NNc1ccccc1. The first-order chi connectivity index (χ1) is 5.79. The molecule has 3 nitrogen and oxygen atoms in total. The van der Waals surface area contributed by atoms with Crippen molar-refractivity contribution in [1.29, 1.82) is 0 Å². The predicted molar refractivity (Wildman–Crippen MR) is 50.1 cm³/mol. The smallest absolute Gasteiger partial charge is 0.0673 e. The highest BCUT2D eigenvalue weighted by molar-refractivity contribution is 5.41. The van der Waals surface area contributed by atoms with Crippen LogP contribution in [0.4, 0.5) is 5.69 Å². The van der Waals surface area contributed by atoms with Crippen LogP contribution >= 0.6 is 0 Å². The van der Waals surface area contributed by atoms with Gasteiger partial charge in [-0.3, -0.25) is 5.43 Å². The Labute approximate surface area is 72.5 Å². The second-order valence-corrected chi connectivity index (χ2v) is 2.79. The summed E-state index contributed by atoms with van der Waals surface area (Å²) in [5.74, 6) is 0. The molecule has 1 aromatic carbocycles. The summed E-state index contributed by atoms with van der Waals surface area (Å²) in [6.45, 7) is 3.96. The minimum absolute atomic E-state index is 0.237. The maximum Gasteiger partial charge on any atom is 0.0673 e. The molecule has 0 aromatic heterocycles. The van der Waals surface area contributed by atoms with E-state index in [-0.39, 0.29) is 6.04 Å². The Bertz CT molecular complexity index is 241. The van der Waals surface area contributed by atoms with Crippen LogP contribution in [0, 0.1) is 0 Å². The molecule has 0 unspecified atom stereocenters. The molecule has 12 heavy (non-hydrogen) atoms. The monoisotopic (exact) mass is 163 g/mol. The first-order valence-corrected chi connectivity index (χ1v) is 4.00. The third-order valence-corrected chi connectivity index (χ3v) is 1.24. The molecule has 1 rings (SSSR count). The standard InChI is InChI=1S/C9H13N3/c1-8(2)10-12-11-9-6-4-3-5-7-9/h3-8H,1-2H3,(H,10,11). The zero-order chi connectivity index (χ0) is 8.81. The van der Waals surface area contributed by atoms with Gasteiger partial charge in [-0.2, -0.15) is 5.11 Å². The third-order valence-electron chi connectivity index (χ3n) is 1.24. The van der Waals surface area contributed by atoms with E-state index in [1.165, 1.54) is 0 Å². The Morgan fingerprint density at radius 2 is 1.83 bits per heavy atom. The van der Waals surface area contributed by atoms with E-state index < -0.39 is 0 Å². The normalized spacial score (nSPS) is 10.9. The minimum Gasteiger partial charge on any atom is -0.260 e. The molecule has 0 saturated carbocycles. The zero-order valence-electron chi connectivity index (χ0n) is 7.36. The number of nitrogens with zero attached hydrogens (tertiary/aromatic N) is 2. The van der Waals surface area contributed by atoms with Gasteiger partial charge >= 0.3 is 0 Å².